The summed E-state index contributed by atoms with van der Waals surface area (Å²) in [5, 5.41) is 9.11. The number of hydrogen-bond donors (Lipinski definition) is 1. The second kappa shape index (κ2) is 7.80. The van der Waals surface area contributed by atoms with E-state index in [4.69, 9.17) is 9.84 Å². The van der Waals surface area contributed by atoms with Crippen molar-refractivity contribution in [1.82, 2.24) is 4.90 Å². The molecular weight excluding hydrogens is 366 g/mol. The number of rotatable bonds is 5. The van der Waals surface area contributed by atoms with Gasteiger partial charge in [-0.1, -0.05) is 60.7 Å². The number of carboxylic acids is 1. The highest BCUT2D eigenvalue weighted by atomic mass is 16.6. The van der Waals surface area contributed by atoms with Gasteiger partial charge in [0.05, 0.1) is 5.56 Å². The summed E-state index contributed by atoms with van der Waals surface area (Å²) in [4.78, 5) is 25.1. The Morgan fingerprint density at radius 3 is 2.17 bits per heavy atom. The molecule has 3 aromatic rings. The van der Waals surface area contributed by atoms with E-state index in [1.54, 1.807) is 25.2 Å². The van der Waals surface area contributed by atoms with Crippen LogP contribution in [0.25, 0.3) is 11.1 Å². The lowest BCUT2D eigenvalue weighted by atomic mass is 9.98. The van der Waals surface area contributed by atoms with E-state index in [-0.39, 0.29) is 24.6 Å². The standard InChI is InChI=1S/C24H21NO4/c1-25(14-16-7-6-8-17(13-16)23(26)27)24(28)29-15-22-20-11-4-2-9-18(20)19-10-3-5-12-21(19)22/h2-13,22H,14-15H2,1H3,(H,26,27). The molecule has 1 aliphatic carbocycles. The average molecular weight is 387 g/mol. The number of amides is 1. The van der Waals surface area contributed by atoms with Gasteiger partial charge >= 0.3 is 12.1 Å². The maximum Gasteiger partial charge on any atom is 0.409 e. The van der Waals surface area contributed by atoms with E-state index >= 15 is 0 Å². The predicted molar refractivity (Wildman–Crippen MR) is 110 cm³/mol. The van der Waals surface area contributed by atoms with E-state index in [0.29, 0.717) is 0 Å². The fourth-order valence-electron chi connectivity index (χ4n) is 3.85. The summed E-state index contributed by atoms with van der Waals surface area (Å²) < 4.78 is 5.62. The van der Waals surface area contributed by atoms with E-state index in [9.17, 15) is 9.59 Å². The first-order valence-corrected chi connectivity index (χ1v) is 9.43. The summed E-state index contributed by atoms with van der Waals surface area (Å²) in [6.45, 7) is 0.532. The highest BCUT2D eigenvalue weighted by Crippen LogP contribution is 2.44. The Bertz CT molecular complexity index is 1030. The highest BCUT2D eigenvalue weighted by molar-refractivity contribution is 5.87. The molecule has 1 N–H and O–H groups in total. The Morgan fingerprint density at radius 2 is 1.55 bits per heavy atom. The number of carbonyl (C=O) groups is 2. The molecule has 5 nitrogen and oxygen atoms in total. The first-order chi connectivity index (χ1) is 14.0. The summed E-state index contributed by atoms with van der Waals surface area (Å²) >= 11 is 0. The summed E-state index contributed by atoms with van der Waals surface area (Å²) in [6.07, 6.45) is -0.437. The molecule has 1 aliphatic rings. The monoisotopic (exact) mass is 387 g/mol. The van der Waals surface area contributed by atoms with Crippen LogP contribution in [0.1, 0.15) is 33.0 Å². The van der Waals surface area contributed by atoms with Gasteiger partial charge in [-0.05, 0) is 39.9 Å². The van der Waals surface area contributed by atoms with Gasteiger partial charge in [-0.25, -0.2) is 9.59 Å². The lowest BCUT2D eigenvalue weighted by molar-refractivity contribution is 0.0696. The lowest BCUT2D eigenvalue weighted by Gasteiger charge is -2.20. The van der Waals surface area contributed by atoms with Crippen LogP contribution < -0.4 is 0 Å². The van der Waals surface area contributed by atoms with E-state index < -0.39 is 12.1 Å². The zero-order chi connectivity index (χ0) is 20.4. The quantitative estimate of drug-likeness (QED) is 0.685. The predicted octanol–water partition coefficient (Wildman–Crippen LogP) is 4.77. The van der Waals surface area contributed by atoms with Crippen molar-refractivity contribution in [3.63, 3.8) is 0 Å². The second-order valence-corrected chi connectivity index (χ2v) is 7.17. The smallest absolute Gasteiger partial charge is 0.409 e. The molecule has 0 aromatic heterocycles. The Morgan fingerprint density at radius 1 is 0.931 bits per heavy atom. The van der Waals surface area contributed by atoms with Gasteiger partial charge in [-0.3, -0.25) is 0 Å². The van der Waals surface area contributed by atoms with Crippen LogP contribution in [0.15, 0.2) is 72.8 Å². The molecule has 0 saturated heterocycles. The van der Waals surface area contributed by atoms with E-state index in [1.165, 1.54) is 33.2 Å². The van der Waals surface area contributed by atoms with Crippen LogP contribution in [0, 0.1) is 0 Å². The Kier molecular flexibility index (Phi) is 5.04. The van der Waals surface area contributed by atoms with Crippen LogP contribution in [-0.4, -0.2) is 35.7 Å². The molecule has 5 heteroatoms. The molecule has 29 heavy (non-hydrogen) atoms. The molecule has 4 rings (SSSR count). The van der Waals surface area contributed by atoms with Crippen molar-refractivity contribution < 1.29 is 19.4 Å². The first-order valence-electron chi connectivity index (χ1n) is 9.43. The zero-order valence-electron chi connectivity index (χ0n) is 16.0. The fourth-order valence-corrected chi connectivity index (χ4v) is 3.85. The fraction of sp³-hybridized carbons (Fsp3) is 0.167. The Hall–Kier alpha value is -3.60. The molecule has 0 atom stereocenters. The van der Waals surface area contributed by atoms with Crippen LogP contribution >= 0.6 is 0 Å². The van der Waals surface area contributed by atoms with Crippen molar-refractivity contribution >= 4 is 12.1 Å². The molecule has 0 bridgehead atoms. The van der Waals surface area contributed by atoms with Gasteiger partial charge in [0.25, 0.3) is 0 Å². The molecule has 0 fully saturated rings. The molecule has 146 valence electrons. The van der Waals surface area contributed by atoms with Crippen molar-refractivity contribution in [2.45, 2.75) is 12.5 Å². The van der Waals surface area contributed by atoms with Crippen molar-refractivity contribution in [1.29, 1.82) is 0 Å². The van der Waals surface area contributed by atoms with Gasteiger partial charge in [-0.15, -0.1) is 0 Å². The SMILES string of the molecule is CN(Cc1cccc(C(=O)O)c1)C(=O)OCC1c2ccccc2-c2ccccc21. The molecule has 0 unspecified atom stereocenters. The van der Waals surface area contributed by atoms with Crippen LogP contribution in [-0.2, 0) is 11.3 Å². The van der Waals surface area contributed by atoms with Crippen molar-refractivity contribution in [3.05, 3.63) is 95.1 Å². The number of benzene rings is 3. The molecule has 0 radical (unpaired) electrons. The van der Waals surface area contributed by atoms with Gasteiger partial charge in [-0.2, -0.15) is 0 Å². The number of ether oxygens (including phenoxy) is 1. The molecule has 0 heterocycles. The first kappa shape index (κ1) is 18.7. The van der Waals surface area contributed by atoms with Crippen molar-refractivity contribution in [2.75, 3.05) is 13.7 Å². The van der Waals surface area contributed by atoms with Crippen LogP contribution in [0.3, 0.4) is 0 Å². The van der Waals surface area contributed by atoms with E-state index in [0.717, 1.165) is 5.56 Å². The number of hydrogen-bond acceptors (Lipinski definition) is 3. The second-order valence-electron chi connectivity index (χ2n) is 7.17. The number of carboxylic acid groups (broad SMARTS) is 1. The maximum atomic E-state index is 12.5. The van der Waals surface area contributed by atoms with Gasteiger partial charge in [0.2, 0.25) is 0 Å². The normalized spacial score (nSPS) is 12.2. The molecule has 0 aliphatic heterocycles. The topological polar surface area (TPSA) is 66.8 Å². The molecule has 1 amide bonds. The minimum atomic E-state index is -0.990. The molecular formula is C24H21NO4. The van der Waals surface area contributed by atoms with Gasteiger partial charge < -0.3 is 14.7 Å². The van der Waals surface area contributed by atoms with Crippen LogP contribution in [0.4, 0.5) is 4.79 Å². The summed E-state index contributed by atoms with van der Waals surface area (Å²) in [6, 6.07) is 22.9. The minimum absolute atomic E-state index is 0.00934. The van der Waals surface area contributed by atoms with Crippen molar-refractivity contribution in [3.8, 4) is 11.1 Å². The number of nitrogens with zero attached hydrogens (tertiary/aromatic N) is 1. The van der Waals surface area contributed by atoms with Crippen LogP contribution in [0.2, 0.25) is 0 Å². The molecule has 0 saturated carbocycles. The molecule has 0 spiro atoms. The third kappa shape index (κ3) is 3.72. The van der Waals surface area contributed by atoms with Crippen LogP contribution in [0.5, 0.6) is 0 Å². The number of carbonyl (C=O) groups excluding carboxylic acids is 1. The van der Waals surface area contributed by atoms with Gasteiger partial charge in [0, 0.05) is 19.5 Å². The van der Waals surface area contributed by atoms with E-state index in [1.807, 2.05) is 24.3 Å². The third-order valence-electron chi connectivity index (χ3n) is 5.24. The zero-order valence-corrected chi connectivity index (χ0v) is 16.0. The van der Waals surface area contributed by atoms with Gasteiger partial charge in [0.1, 0.15) is 6.61 Å². The number of fused-ring (bicyclic) bond motifs is 3. The lowest BCUT2D eigenvalue weighted by Crippen LogP contribution is -2.28. The Balaban J connectivity index is 1.45. The van der Waals surface area contributed by atoms with Crippen molar-refractivity contribution in [2.24, 2.45) is 0 Å². The Labute approximate surface area is 169 Å². The minimum Gasteiger partial charge on any atom is -0.478 e. The largest absolute Gasteiger partial charge is 0.478 e. The average Bonchev–Trinajstić information content (AvgIpc) is 3.06. The summed E-state index contributed by atoms with van der Waals surface area (Å²) in [5.74, 6) is -0.981. The number of aromatic carboxylic acids is 1. The summed E-state index contributed by atoms with van der Waals surface area (Å²) in [7, 11) is 1.65. The van der Waals surface area contributed by atoms with Gasteiger partial charge in [0.15, 0.2) is 0 Å². The third-order valence-corrected chi connectivity index (χ3v) is 5.24. The maximum absolute atomic E-state index is 12.5. The van der Waals surface area contributed by atoms with E-state index in [2.05, 4.69) is 24.3 Å². The summed E-state index contributed by atoms with van der Waals surface area (Å²) in [5.41, 5.74) is 5.63. The molecule has 3 aromatic carbocycles. The highest BCUT2D eigenvalue weighted by Gasteiger charge is 2.29.